The monoisotopic (exact) mass is 635 g/mol. The van der Waals surface area contributed by atoms with Crippen LogP contribution in [0.2, 0.25) is 0 Å². The normalized spacial score (nSPS) is 15.6. The van der Waals surface area contributed by atoms with Crippen molar-refractivity contribution >= 4 is 23.0 Å². The molecule has 1 aromatic heterocycles. The number of alkyl carbamates (subject to hydrolysis) is 1. The fourth-order valence-electron chi connectivity index (χ4n) is 6.27. The van der Waals surface area contributed by atoms with Crippen molar-refractivity contribution in [3.63, 3.8) is 0 Å². The highest BCUT2D eigenvalue weighted by Gasteiger charge is 2.30. The Hall–Kier alpha value is -4.68. The van der Waals surface area contributed by atoms with Gasteiger partial charge in [0.25, 0.3) is 0 Å². The molecule has 3 aromatic carbocycles. The minimum Gasteiger partial charge on any atom is -0.444 e. The van der Waals surface area contributed by atoms with Crippen LogP contribution in [0.25, 0.3) is 22.2 Å². The van der Waals surface area contributed by atoms with Crippen molar-refractivity contribution in [2.45, 2.75) is 77.0 Å². The summed E-state index contributed by atoms with van der Waals surface area (Å²) in [6, 6.07) is 25.5. The molecule has 2 heterocycles. The maximum atomic E-state index is 13.9. The van der Waals surface area contributed by atoms with Crippen molar-refractivity contribution in [3.8, 4) is 17.2 Å². The average Bonchev–Trinajstić information content (AvgIpc) is 3.43. The lowest BCUT2D eigenvalue weighted by Crippen LogP contribution is -2.46. The van der Waals surface area contributed by atoms with Gasteiger partial charge in [-0.2, -0.15) is 5.26 Å². The van der Waals surface area contributed by atoms with Crippen LogP contribution in [0.15, 0.2) is 72.8 Å². The molecule has 4 aromatic rings. The Morgan fingerprint density at radius 2 is 1.74 bits per heavy atom. The molecular weight excluding hydrogens is 590 g/mol. The van der Waals surface area contributed by atoms with Gasteiger partial charge in [0, 0.05) is 51.7 Å². The number of methoxy groups -OCH3 is 1. The number of imidazole rings is 1. The summed E-state index contributed by atoms with van der Waals surface area (Å²) in [7, 11) is 1.72. The second-order valence-electron chi connectivity index (χ2n) is 13.3. The highest BCUT2D eigenvalue weighted by atomic mass is 16.6. The van der Waals surface area contributed by atoms with Gasteiger partial charge in [0.2, 0.25) is 5.91 Å². The molecule has 9 nitrogen and oxygen atoms in total. The SMILES string of the molecule is COCCCn1c([C@@H]2CCCN(C(=O)C[C@@H](Cc3ccc(-c4ccc(C#N)cc4)cc3)NC(=O)OC(C)(C)C)C2)nc2ccccc21. The number of carbonyl (C=O) groups excluding carboxylic acids is 2. The van der Waals surface area contributed by atoms with Crippen LogP contribution < -0.4 is 5.32 Å². The molecular formula is C38H45N5O4. The van der Waals surface area contributed by atoms with Crippen molar-refractivity contribution in [2.24, 2.45) is 0 Å². The summed E-state index contributed by atoms with van der Waals surface area (Å²) in [5.41, 5.74) is 5.07. The van der Waals surface area contributed by atoms with Crippen molar-refractivity contribution in [2.75, 3.05) is 26.8 Å². The summed E-state index contributed by atoms with van der Waals surface area (Å²) in [6.07, 6.45) is 2.83. The van der Waals surface area contributed by atoms with E-state index >= 15 is 0 Å². The predicted octanol–water partition coefficient (Wildman–Crippen LogP) is 6.84. The molecule has 0 radical (unpaired) electrons. The van der Waals surface area contributed by atoms with E-state index < -0.39 is 17.7 Å². The zero-order valence-corrected chi connectivity index (χ0v) is 27.9. The van der Waals surface area contributed by atoms with Crippen LogP contribution in [0, 0.1) is 11.3 Å². The zero-order valence-electron chi connectivity index (χ0n) is 27.9. The number of benzene rings is 3. The van der Waals surface area contributed by atoms with Crippen LogP contribution in [0.5, 0.6) is 0 Å². The Morgan fingerprint density at radius 1 is 1.04 bits per heavy atom. The number of nitrogens with one attached hydrogen (secondary N) is 1. The molecule has 1 fully saturated rings. The summed E-state index contributed by atoms with van der Waals surface area (Å²) in [4.78, 5) is 33.7. The zero-order chi connectivity index (χ0) is 33.4. The Kier molecular flexibility index (Phi) is 10.9. The Labute approximate surface area is 277 Å². The predicted molar refractivity (Wildman–Crippen MR) is 183 cm³/mol. The number of para-hydroxylation sites is 2. The van der Waals surface area contributed by atoms with Crippen LogP contribution in [0.1, 0.15) is 69.3 Å². The molecule has 1 N–H and O–H groups in total. The van der Waals surface area contributed by atoms with Gasteiger partial charge in [-0.3, -0.25) is 4.79 Å². The topological polar surface area (TPSA) is 109 Å². The van der Waals surface area contributed by atoms with Crippen molar-refractivity contribution in [3.05, 3.63) is 89.7 Å². The van der Waals surface area contributed by atoms with Crippen LogP contribution in [-0.4, -0.2) is 64.9 Å². The first-order valence-electron chi connectivity index (χ1n) is 16.4. The molecule has 9 heteroatoms. The molecule has 0 spiro atoms. The van der Waals surface area contributed by atoms with E-state index in [2.05, 4.69) is 22.0 Å². The van der Waals surface area contributed by atoms with Gasteiger partial charge >= 0.3 is 6.09 Å². The molecule has 47 heavy (non-hydrogen) atoms. The lowest BCUT2D eigenvalue weighted by Gasteiger charge is -2.34. The van der Waals surface area contributed by atoms with Gasteiger partial charge in [-0.05, 0) is 87.4 Å². The molecule has 5 rings (SSSR count). The number of carbonyl (C=O) groups is 2. The van der Waals surface area contributed by atoms with E-state index in [4.69, 9.17) is 19.7 Å². The Bertz CT molecular complexity index is 1700. The van der Waals surface area contributed by atoms with E-state index in [0.29, 0.717) is 31.7 Å². The molecule has 0 bridgehead atoms. The van der Waals surface area contributed by atoms with Gasteiger partial charge in [0.05, 0.1) is 22.7 Å². The van der Waals surface area contributed by atoms with Crippen LogP contribution >= 0.6 is 0 Å². The van der Waals surface area contributed by atoms with Crippen molar-refractivity contribution < 1.29 is 19.1 Å². The number of nitrogens with zero attached hydrogens (tertiary/aromatic N) is 4. The van der Waals surface area contributed by atoms with Gasteiger partial charge in [0.15, 0.2) is 0 Å². The molecule has 2 amide bonds. The largest absolute Gasteiger partial charge is 0.444 e. The molecule has 0 saturated carbocycles. The van der Waals surface area contributed by atoms with E-state index in [-0.39, 0.29) is 18.2 Å². The smallest absolute Gasteiger partial charge is 0.407 e. The van der Waals surface area contributed by atoms with Gasteiger partial charge in [-0.25, -0.2) is 9.78 Å². The van der Waals surface area contributed by atoms with Crippen LogP contribution in [-0.2, 0) is 27.2 Å². The van der Waals surface area contributed by atoms with Gasteiger partial charge < -0.3 is 24.3 Å². The van der Waals surface area contributed by atoms with Gasteiger partial charge in [-0.15, -0.1) is 0 Å². The number of hydrogen-bond donors (Lipinski definition) is 1. The number of amides is 2. The van der Waals surface area contributed by atoms with E-state index in [0.717, 1.165) is 59.4 Å². The molecule has 0 unspecified atom stereocenters. The third-order valence-corrected chi connectivity index (χ3v) is 8.48. The maximum absolute atomic E-state index is 13.9. The van der Waals surface area contributed by atoms with E-state index in [1.54, 1.807) is 19.2 Å². The fourth-order valence-corrected chi connectivity index (χ4v) is 6.27. The third-order valence-electron chi connectivity index (χ3n) is 8.48. The van der Waals surface area contributed by atoms with E-state index in [9.17, 15) is 9.59 Å². The molecule has 1 saturated heterocycles. The molecule has 246 valence electrons. The number of fused-ring (bicyclic) bond motifs is 1. The minimum absolute atomic E-state index is 0.00649. The summed E-state index contributed by atoms with van der Waals surface area (Å²) in [6.45, 7) is 8.22. The number of aromatic nitrogens is 2. The molecule has 1 aliphatic heterocycles. The Morgan fingerprint density at radius 3 is 2.43 bits per heavy atom. The number of hydrogen-bond acceptors (Lipinski definition) is 6. The molecule has 2 atom stereocenters. The number of ether oxygens (including phenoxy) is 2. The highest BCUT2D eigenvalue weighted by Crippen LogP contribution is 2.30. The number of piperidine rings is 1. The second-order valence-corrected chi connectivity index (χ2v) is 13.3. The lowest BCUT2D eigenvalue weighted by molar-refractivity contribution is -0.132. The highest BCUT2D eigenvalue weighted by molar-refractivity contribution is 5.79. The quantitative estimate of drug-likeness (QED) is 0.181. The number of rotatable bonds is 11. The summed E-state index contributed by atoms with van der Waals surface area (Å²) in [5, 5.41) is 12.1. The van der Waals surface area contributed by atoms with Gasteiger partial charge in [-0.1, -0.05) is 48.5 Å². The maximum Gasteiger partial charge on any atom is 0.407 e. The first-order chi connectivity index (χ1) is 22.6. The number of aryl methyl sites for hydroxylation is 1. The van der Waals surface area contributed by atoms with Gasteiger partial charge in [0.1, 0.15) is 11.4 Å². The minimum atomic E-state index is -0.657. The van der Waals surface area contributed by atoms with E-state index in [1.807, 2.05) is 80.3 Å². The number of nitriles is 1. The fraction of sp³-hybridized carbons (Fsp3) is 0.421. The van der Waals surface area contributed by atoms with Crippen LogP contribution in [0.4, 0.5) is 4.79 Å². The average molecular weight is 636 g/mol. The molecule has 1 aliphatic rings. The lowest BCUT2D eigenvalue weighted by atomic mass is 9.95. The van der Waals surface area contributed by atoms with Crippen molar-refractivity contribution in [1.82, 2.24) is 19.8 Å². The van der Waals surface area contributed by atoms with Crippen LogP contribution in [0.3, 0.4) is 0 Å². The summed E-state index contributed by atoms with van der Waals surface area (Å²) < 4.78 is 13.2. The first-order valence-corrected chi connectivity index (χ1v) is 16.4. The second kappa shape index (κ2) is 15.3. The molecule has 0 aliphatic carbocycles. The van der Waals surface area contributed by atoms with E-state index in [1.165, 1.54) is 0 Å². The Balaban J connectivity index is 1.30. The standard InChI is InChI=1S/C38H45N5O4/c1-38(2,3)47-37(45)40-32(23-27-12-16-29(17-13-27)30-18-14-28(25-39)15-19-30)24-35(44)42-20-7-9-31(26-42)36-41-33-10-5-6-11-34(33)43(36)21-8-22-46-4/h5-6,10-19,31-32H,7-9,20-24,26H2,1-4H3,(H,40,45)/t31-,32-/m1/s1. The first kappa shape index (κ1) is 33.7. The summed E-state index contributed by atoms with van der Waals surface area (Å²) >= 11 is 0. The third kappa shape index (κ3) is 8.99. The van der Waals surface area contributed by atoms with Crippen molar-refractivity contribution in [1.29, 1.82) is 5.26 Å². The number of likely N-dealkylation sites (tertiary alicyclic amines) is 1. The summed E-state index contributed by atoms with van der Waals surface area (Å²) in [5.74, 6) is 1.15.